The number of benzene rings is 1. The van der Waals surface area contributed by atoms with Crippen molar-refractivity contribution in [2.75, 3.05) is 25.5 Å². The number of ether oxygens (including phenoxy) is 2. The van der Waals surface area contributed by atoms with E-state index >= 15 is 0 Å². The lowest BCUT2D eigenvalue weighted by Gasteiger charge is -2.31. The molecule has 6 heteroatoms. The van der Waals surface area contributed by atoms with Crippen LogP contribution < -0.4 is 15.8 Å². The molecule has 0 amide bonds. The van der Waals surface area contributed by atoms with Gasteiger partial charge >= 0.3 is 5.97 Å². The molecular weight excluding hydrogens is 272 g/mol. The SMILES string of the molecule is CCOC(=O)C(C)CN[C@@H]1COc2cc(N)ccc2[C@@H]1O. The zero-order chi connectivity index (χ0) is 15.4. The Balaban J connectivity index is 1.94. The van der Waals surface area contributed by atoms with Gasteiger partial charge in [0.05, 0.1) is 18.6 Å². The van der Waals surface area contributed by atoms with Crippen molar-refractivity contribution >= 4 is 11.7 Å². The van der Waals surface area contributed by atoms with Crippen LogP contribution in [0.5, 0.6) is 5.75 Å². The standard InChI is InChI=1S/C15H22N2O4/c1-3-20-15(19)9(2)7-17-12-8-21-13-6-10(16)4-5-11(13)14(12)18/h4-6,9,12,14,17-18H,3,7-8,16H2,1-2H3/t9?,12-,14+/m1/s1. The van der Waals surface area contributed by atoms with Crippen LogP contribution in [0.2, 0.25) is 0 Å². The van der Waals surface area contributed by atoms with Crippen molar-refractivity contribution in [1.82, 2.24) is 5.32 Å². The molecule has 1 aliphatic heterocycles. The molecule has 4 N–H and O–H groups in total. The molecule has 0 radical (unpaired) electrons. The molecule has 0 bridgehead atoms. The maximum Gasteiger partial charge on any atom is 0.309 e. The maximum absolute atomic E-state index is 11.6. The Morgan fingerprint density at radius 3 is 3.10 bits per heavy atom. The molecule has 0 aromatic heterocycles. The zero-order valence-corrected chi connectivity index (χ0v) is 12.3. The smallest absolute Gasteiger partial charge is 0.309 e. The van der Waals surface area contributed by atoms with Crippen LogP contribution >= 0.6 is 0 Å². The fraction of sp³-hybridized carbons (Fsp3) is 0.533. The summed E-state index contributed by atoms with van der Waals surface area (Å²) < 4.78 is 10.6. The molecule has 2 rings (SSSR count). The van der Waals surface area contributed by atoms with E-state index in [0.717, 1.165) is 0 Å². The molecule has 1 aromatic carbocycles. The fourth-order valence-electron chi connectivity index (χ4n) is 2.27. The largest absolute Gasteiger partial charge is 0.491 e. The third-order valence-electron chi connectivity index (χ3n) is 3.53. The van der Waals surface area contributed by atoms with Crippen LogP contribution in [0, 0.1) is 5.92 Å². The number of esters is 1. The van der Waals surface area contributed by atoms with Crippen LogP contribution in [0.4, 0.5) is 5.69 Å². The lowest BCUT2D eigenvalue weighted by Crippen LogP contribution is -2.45. The number of hydrogen-bond donors (Lipinski definition) is 3. The second kappa shape index (κ2) is 6.78. The van der Waals surface area contributed by atoms with Gasteiger partial charge in [-0.3, -0.25) is 4.79 Å². The van der Waals surface area contributed by atoms with Gasteiger partial charge in [-0.05, 0) is 13.0 Å². The number of carbonyl (C=O) groups is 1. The van der Waals surface area contributed by atoms with Gasteiger partial charge in [-0.25, -0.2) is 0 Å². The summed E-state index contributed by atoms with van der Waals surface area (Å²) in [5, 5.41) is 13.5. The molecule has 0 saturated carbocycles. The summed E-state index contributed by atoms with van der Waals surface area (Å²) in [7, 11) is 0. The van der Waals surface area contributed by atoms with Crippen molar-refractivity contribution < 1.29 is 19.4 Å². The third-order valence-corrected chi connectivity index (χ3v) is 3.53. The normalized spacial score (nSPS) is 22.0. The monoisotopic (exact) mass is 294 g/mol. The molecule has 6 nitrogen and oxygen atoms in total. The van der Waals surface area contributed by atoms with E-state index < -0.39 is 6.10 Å². The predicted octanol–water partition coefficient (Wildman–Crippen LogP) is 0.852. The minimum atomic E-state index is -0.691. The summed E-state index contributed by atoms with van der Waals surface area (Å²) in [4.78, 5) is 11.6. The highest BCUT2D eigenvalue weighted by Gasteiger charge is 2.30. The van der Waals surface area contributed by atoms with Gasteiger partial charge in [0.1, 0.15) is 18.5 Å². The number of rotatable bonds is 5. The van der Waals surface area contributed by atoms with Gasteiger partial charge < -0.3 is 25.6 Å². The summed E-state index contributed by atoms with van der Waals surface area (Å²) >= 11 is 0. The molecule has 0 spiro atoms. The number of aliphatic hydroxyl groups excluding tert-OH is 1. The van der Waals surface area contributed by atoms with Gasteiger partial charge in [-0.15, -0.1) is 0 Å². The second-order valence-corrected chi connectivity index (χ2v) is 5.22. The van der Waals surface area contributed by atoms with Crippen LogP contribution in [0.3, 0.4) is 0 Å². The van der Waals surface area contributed by atoms with E-state index in [2.05, 4.69) is 5.32 Å². The van der Waals surface area contributed by atoms with Crippen LogP contribution in [0.25, 0.3) is 0 Å². The Bertz CT molecular complexity index is 506. The second-order valence-electron chi connectivity index (χ2n) is 5.22. The minimum Gasteiger partial charge on any atom is -0.491 e. The average Bonchev–Trinajstić information content (AvgIpc) is 2.46. The molecule has 21 heavy (non-hydrogen) atoms. The Hall–Kier alpha value is -1.79. The van der Waals surface area contributed by atoms with Gasteiger partial charge in [0.2, 0.25) is 0 Å². The van der Waals surface area contributed by atoms with E-state index in [1.165, 1.54) is 0 Å². The highest BCUT2D eigenvalue weighted by Crippen LogP contribution is 2.33. The summed E-state index contributed by atoms with van der Waals surface area (Å²) in [5.41, 5.74) is 7.00. The average molecular weight is 294 g/mol. The van der Waals surface area contributed by atoms with E-state index in [1.54, 1.807) is 32.0 Å². The summed E-state index contributed by atoms with van der Waals surface area (Å²) in [5.74, 6) is 0.0911. The topological polar surface area (TPSA) is 93.8 Å². The number of anilines is 1. The summed E-state index contributed by atoms with van der Waals surface area (Å²) in [6.45, 7) is 4.68. The minimum absolute atomic E-state index is 0.246. The highest BCUT2D eigenvalue weighted by atomic mass is 16.5. The first-order valence-electron chi connectivity index (χ1n) is 7.13. The first-order valence-corrected chi connectivity index (χ1v) is 7.13. The molecule has 0 fully saturated rings. The fourth-order valence-corrected chi connectivity index (χ4v) is 2.27. The molecule has 0 saturated heterocycles. The van der Waals surface area contributed by atoms with Crippen LogP contribution in [0.15, 0.2) is 18.2 Å². The van der Waals surface area contributed by atoms with Crippen molar-refractivity contribution in [3.8, 4) is 5.75 Å². The van der Waals surface area contributed by atoms with Gasteiger partial charge in [-0.1, -0.05) is 13.0 Å². The third kappa shape index (κ3) is 3.65. The van der Waals surface area contributed by atoms with E-state index in [1.807, 2.05) is 0 Å². The Morgan fingerprint density at radius 2 is 2.38 bits per heavy atom. The highest BCUT2D eigenvalue weighted by molar-refractivity contribution is 5.72. The molecule has 0 aliphatic carbocycles. The molecule has 1 aromatic rings. The number of hydrogen-bond acceptors (Lipinski definition) is 6. The molecule has 1 unspecified atom stereocenters. The van der Waals surface area contributed by atoms with Crippen molar-refractivity contribution in [1.29, 1.82) is 0 Å². The summed E-state index contributed by atoms with van der Waals surface area (Å²) in [6, 6.07) is 4.93. The van der Waals surface area contributed by atoms with Gasteiger partial charge in [0.25, 0.3) is 0 Å². The van der Waals surface area contributed by atoms with Crippen LogP contribution in [0.1, 0.15) is 25.5 Å². The molecule has 1 heterocycles. The van der Waals surface area contributed by atoms with Crippen LogP contribution in [-0.4, -0.2) is 36.9 Å². The molecular formula is C15H22N2O4. The lowest BCUT2D eigenvalue weighted by molar-refractivity contribution is -0.147. The Kier molecular flexibility index (Phi) is 5.03. The van der Waals surface area contributed by atoms with E-state index in [-0.39, 0.29) is 17.9 Å². The zero-order valence-electron chi connectivity index (χ0n) is 12.3. The van der Waals surface area contributed by atoms with Crippen molar-refractivity contribution in [3.63, 3.8) is 0 Å². The first-order chi connectivity index (χ1) is 10.0. The number of aliphatic hydroxyl groups is 1. The predicted molar refractivity (Wildman–Crippen MR) is 78.9 cm³/mol. The van der Waals surface area contributed by atoms with E-state index in [0.29, 0.717) is 36.8 Å². The van der Waals surface area contributed by atoms with Gasteiger partial charge in [-0.2, -0.15) is 0 Å². The summed E-state index contributed by atoms with van der Waals surface area (Å²) in [6.07, 6.45) is -0.691. The van der Waals surface area contributed by atoms with Crippen molar-refractivity contribution in [3.05, 3.63) is 23.8 Å². The van der Waals surface area contributed by atoms with Crippen molar-refractivity contribution in [2.24, 2.45) is 5.92 Å². The number of nitrogen functional groups attached to an aromatic ring is 1. The Labute approximate surface area is 124 Å². The molecule has 3 atom stereocenters. The number of nitrogens with two attached hydrogens (primary N) is 1. The van der Waals surface area contributed by atoms with E-state index in [4.69, 9.17) is 15.2 Å². The quantitative estimate of drug-likeness (QED) is 0.550. The number of nitrogens with one attached hydrogen (secondary N) is 1. The van der Waals surface area contributed by atoms with Crippen LogP contribution in [-0.2, 0) is 9.53 Å². The maximum atomic E-state index is 11.6. The number of fused-ring (bicyclic) bond motifs is 1. The lowest BCUT2D eigenvalue weighted by atomic mass is 9.98. The van der Waals surface area contributed by atoms with Crippen molar-refractivity contribution in [2.45, 2.75) is 26.0 Å². The molecule has 116 valence electrons. The Morgan fingerprint density at radius 1 is 1.62 bits per heavy atom. The van der Waals surface area contributed by atoms with E-state index in [9.17, 15) is 9.90 Å². The number of carbonyl (C=O) groups excluding carboxylic acids is 1. The van der Waals surface area contributed by atoms with Gasteiger partial charge in [0.15, 0.2) is 0 Å². The first kappa shape index (κ1) is 15.6. The van der Waals surface area contributed by atoms with Gasteiger partial charge in [0, 0.05) is 23.9 Å². The molecule has 1 aliphatic rings.